The molecule has 0 spiro atoms. The van der Waals surface area contributed by atoms with Gasteiger partial charge in [-0.3, -0.25) is 4.79 Å². The highest BCUT2D eigenvalue weighted by atomic mass is 16.5. The van der Waals surface area contributed by atoms with E-state index in [9.17, 15) is 9.59 Å². The van der Waals surface area contributed by atoms with E-state index in [1.54, 1.807) is 12.1 Å². The molecule has 31 heavy (non-hydrogen) atoms. The van der Waals surface area contributed by atoms with E-state index in [1.165, 1.54) is 7.11 Å². The summed E-state index contributed by atoms with van der Waals surface area (Å²) in [6.07, 6.45) is 0.353. The summed E-state index contributed by atoms with van der Waals surface area (Å²) in [5.74, 6) is -0.779. The number of carbonyl (C=O) groups excluding carboxylic acids is 2. The van der Waals surface area contributed by atoms with Gasteiger partial charge in [0.05, 0.1) is 7.11 Å². The van der Waals surface area contributed by atoms with Crippen molar-refractivity contribution in [2.24, 2.45) is 0 Å². The molecule has 0 saturated carbocycles. The predicted molar refractivity (Wildman–Crippen MR) is 123 cm³/mol. The van der Waals surface area contributed by atoms with E-state index in [-0.39, 0.29) is 5.91 Å². The topological polar surface area (TPSA) is 55.4 Å². The summed E-state index contributed by atoms with van der Waals surface area (Å²) in [6.45, 7) is 0. The molecule has 4 rings (SSSR count). The number of nitrogens with one attached hydrogen (secondary N) is 1. The third-order valence-corrected chi connectivity index (χ3v) is 5.30. The van der Waals surface area contributed by atoms with Gasteiger partial charge in [0, 0.05) is 12.0 Å². The third-order valence-electron chi connectivity index (χ3n) is 5.30. The number of hydrogen-bond donors (Lipinski definition) is 1. The standard InChI is InChI=1S/C27H23NO3/c1-31-27(30)25(18-19-11-12-21-9-5-6-10-24(21)17-19)28-26(29)23-15-13-22(14-16-23)20-7-3-2-4-8-20/h2-17,25H,18H2,1H3,(H,28,29)/t25-/m0/s1. The highest BCUT2D eigenvalue weighted by Crippen LogP contribution is 2.20. The molecule has 0 bridgehead atoms. The summed E-state index contributed by atoms with van der Waals surface area (Å²) in [5, 5.41) is 5.04. The summed E-state index contributed by atoms with van der Waals surface area (Å²) >= 11 is 0. The normalized spacial score (nSPS) is 11.6. The maximum Gasteiger partial charge on any atom is 0.328 e. The number of esters is 1. The minimum absolute atomic E-state index is 0.309. The lowest BCUT2D eigenvalue weighted by atomic mass is 10.0. The first-order valence-electron chi connectivity index (χ1n) is 10.2. The van der Waals surface area contributed by atoms with Crippen molar-refractivity contribution < 1.29 is 14.3 Å². The van der Waals surface area contributed by atoms with Crippen LogP contribution in [0.1, 0.15) is 15.9 Å². The molecule has 0 aliphatic heterocycles. The van der Waals surface area contributed by atoms with Crippen molar-refractivity contribution in [3.05, 3.63) is 108 Å². The summed E-state index contributed by atoms with van der Waals surface area (Å²) < 4.78 is 4.93. The van der Waals surface area contributed by atoms with E-state index >= 15 is 0 Å². The van der Waals surface area contributed by atoms with Crippen LogP contribution in [0.25, 0.3) is 21.9 Å². The number of carbonyl (C=O) groups is 2. The molecule has 4 heteroatoms. The van der Waals surface area contributed by atoms with Gasteiger partial charge in [-0.2, -0.15) is 0 Å². The van der Waals surface area contributed by atoms with Crippen LogP contribution in [0, 0.1) is 0 Å². The molecule has 1 N–H and O–H groups in total. The van der Waals surface area contributed by atoms with Gasteiger partial charge in [-0.25, -0.2) is 4.79 Å². The fourth-order valence-corrected chi connectivity index (χ4v) is 3.62. The molecule has 0 heterocycles. The highest BCUT2D eigenvalue weighted by Gasteiger charge is 2.22. The van der Waals surface area contributed by atoms with Crippen LogP contribution in [-0.2, 0) is 16.0 Å². The van der Waals surface area contributed by atoms with Crippen LogP contribution in [-0.4, -0.2) is 25.0 Å². The molecule has 4 aromatic carbocycles. The Morgan fingerprint density at radius 2 is 1.42 bits per heavy atom. The molecule has 0 saturated heterocycles. The van der Waals surface area contributed by atoms with E-state index in [1.807, 2.05) is 84.9 Å². The Balaban J connectivity index is 1.50. The van der Waals surface area contributed by atoms with Crippen molar-refractivity contribution in [3.8, 4) is 11.1 Å². The Morgan fingerprint density at radius 3 is 2.13 bits per heavy atom. The average Bonchev–Trinajstić information content (AvgIpc) is 2.83. The second-order valence-electron chi connectivity index (χ2n) is 7.38. The second kappa shape index (κ2) is 9.26. The van der Waals surface area contributed by atoms with E-state index in [2.05, 4.69) is 5.32 Å². The van der Waals surface area contributed by atoms with Crippen LogP contribution in [0.15, 0.2) is 97.1 Å². The predicted octanol–water partition coefficient (Wildman–Crippen LogP) is 5.02. The van der Waals surface area contributed by atoms with Crippen LogP contribution in [0.2, 0.25) is 0 Å². The van der Waals surface area contributed by atoms with Crippen molar-refractivity contribution in [1.82, 2.24) is 5.32 Å². The molecule has 1 atom stereocenters. The first-order valence-corrected chi connectivity index (χ1v) is 10.2. The molecule has 0 radical (unpaired) electrons. The van der Waals surface area contributed by atoms with Crippen molar-refractivity contribution >= 4 is 22.6 Å². The van der Waals surface area contributed by atoms with Crippen LogP contribution in [0.4, 0.5) is 0 Å². The Bertz CT molecular complexity index is 1200. The summed E-state index contributed by atoms with van der Waals surface area (Å²) in [5.41, 5.74) is 3.55. The monoisotopic (exact) mass is 409 g/mol. The fourth-order valence-electron chi connectivity index (χ4n) is 3.62. The molecule has 0 aliphatic rings. The molecular weight excluding hydrogens is 386 g/mol. The molecule has 0 aromatic heterocycles. The first-order chi connectivity index (χ1) is 15.1. The van der Waals surface area contributed by atoms with Gasteiger partial charge in [0.1, 0.15) is 6.04 Å². The zero-order chi connectivity index (χ0) is 21.6. The Kier molecular flexibility index (Phi) is 6.08. The third kappa shape index (κ3) is 4.81. The van der Waals surface area contributed by atoms with Gasteiger partial charge < -0.3 is 10.1 Å². The average molecular weight is 409 g/mol. The van der Waals surface area contributed by atoms with Gasteiger partial charge in [0.25, 0.3) is 5.91 Å². The maximum absolute atomic E-state index is 12.8. The first kappa shape index (κ1) is 20.4. The molecule has 0 aliphatic carbocycles. The van der Waals surface area contributed by atoms with E-state index in [0.717, 1.165) is 27.5 Å². The van der Waals surface area contributed by atoms with Crippen LogP contribution >= 0.6 is 0 Å². The number of amides is 1. The minimum atomic E-state index is -0.771. The minimum Gasteiger partial charge on any atom is -0.467 e. The van der Waals surface area contributed by atoms with Crippen molar-refractivity contribution in [2.45, 2.75) is 12.5 Å². The van der Waals surface area contributed by atoms with E-state index < -0.39 is 12.0 Å². The number of rotatable bonds is 6. The largest absolute Gasteiger partial charge is 0.467 e. The second-order valence-corrected chi connectivity index (χ2v) is 7.38. The van der Waals surface area contributed by atoms with E-state index in [4.69, 9.17) is 4.74 Å². The number of hydrogen-bond acceptors (Lipinski definition) is 3. The summed E-state index contributed by atoms with van der Waals surface area (Å²) in [4.78, 5) is 25.2. The molecule has 154 valence electrons. The molecular formula is C27H23NO3. The molecule has 1 amide bonds. The maximum atomic E-state index is 12.8. The van der Waals surface area contributed by atoms with Gasteiger partial charge in [0.2, 0.25) is 0 Å². The zero-order valence-corrected chi connectivity index (χ0v) is 17.2. The molecule has 4 nitrogen and oxygen atoms in total. The van der Waals surface area contributed by atoms with Crippen LogP contribution < -0.4 is 5.32 Å². The van der Waals surface area contributed by atoms with Crippen molar-refractivity contribution in [3.63, 3.8) is 0 Å². The number of ether oxygens (including phenoxy) is 1. The highest BCUT2D eigenvalue weighted by molar-refractivity contribution is 5.97. The lowest BCUT2D eigenvalue weighted by Crippen LogP contribution is -2.43. The zero-order valence-electron chi connectivity index (χ0n) is 17.2. The van der Waals surface area contributed by atoms with Gasteiger partial charge >= 0.3 is 5.97 Å². The quantitative estimate of drug-likeness (QED) is 0.455. The van der Waals surface area contributed by atoms with Gasteiger partial charge in [-0.1, -0.05) is 84.9 Å². The fraction of sp³-hybridized carbons (Fsp3) is 0.111. The Morgan fingerprint density at radius 1 is 0.774 bits per heavy atom. The van der Waals surface area contributed by atoms with Gasteiger partial charge in [-0.05, 0) is 39.6 Å². The SMILES string of the molecule is COC(=O)[C@H](Cc1ccc2ccccc2c1)NC(=O)c1ccc(-c2ccccc2)cc1. The molecule has 4 aromatic rings. The lowest BCUT2D eigenvalue weighted by Gasteiger charge is -2.17. The Labute approximate surface area is 181 Å². The van der Waals surface area contributed by atoms with Gasteiger partial charge in [-0.15, -0.1) is 0 Å². The van der Waals surface area contributed by atoms with Gasteiger partial charge in [0.15, 0.2) is 0 Å². The lowest BCUT2D eigenvalue weighted by molar-refractivity contribution is -0.142. The van der Waals surface area contributed by atoms with Crippen molar-refractivity contribution in [1.29, 1.82) is 0 Å². The molecule has 0 unspecified atom stereocenters. The summed E-state index contributed by atoms with van der Waals surface area (Å²) in [7, 11) is 1.33. The van der Waals surface area contributed by atoms with Crippen molar-refractivity contribution in [2.75, 3.05) is 7.11 Å². The smallest absolute Gasteiger partial charge is 0.328 e. The van der Waals surface area contributed by atoms with Crippen LogP contribution in [0.5, 0.6) is 0 Å². The number of fused-ring (bicyclic) bond motifs is 1. The van der Waals surface area contributed by atoms with E-state index in [0.29, 0.717) is 12.0 Å². The number of benzene rings is 4. The van der Waals surface area contributed by atoms with Crippen LogP contribution in [0.3, 0.4) is 0 Å². The Hall–Kier alpha value is -3.92. The number of methoxy groups -OCH3 is 1. The molecule has 0 fully saturated rings. The summed E-state index contributed by atoms with van der Waals surface area (Å²) in [6, 6.07) is 30.6.